The average Bonchev–Trinajstić information content (AvgIpc) is 2.94. The van der Waals surface area contributed by atoms with Crippen LogP contribution in [-0.2, 0) is 27.3 Å². The van der Waals surface area contributed by atoms with Crippen LogP contribution in [-0.4, -0.2) is 105 Å². The summed E-state index contributed by atoms with van der Waals surface area (Å²) in [6.45, 7) is 2.68. The summed E-state index contributed by atoms with van der Waals surface area (Å²) in [7, 11) is 3.11. The van der Waals surface area contributed by atoms with Crippen LogP contribution < -0.4 is 10.5 Å². The van der Waals surface area contributed by atoms with Gasteiger partial charge >= 0.3 is 0 Å². The van der Waals surface area contributed by atoms with Gasteiger partial charge in [0.1, 0.15) is 28.6 Å². The molecule has 1 heterocycles. The molecule has 1 saturated carbocycles. The number of hydrogen-bond donors (Lipinski definition) is 6. The number of ketones is 2. The van der Waals surface area contributed by atoms with Gasteiger partial charge in [-0.2, -0.15) is 0 Å². The van der Waals surface area contributed by atoms with Gasteiger partial charge < -0.3 is 36.0 Å². The number of aliphatic hydroxyl groups excluding tert-OH is 3. The third-order valence-electron chi connectivity index (χ3n) is 9.61. The maximum absolute atomic E-state index is 14.2. The summed E-state index contributed by atoms with van der Waals surface area (Å²) in [6.07, 6.45) is 1.56. The van der Waals surface area contributed by atoms with Gasteiger partial charge in [-0.25, -0.2) is 0 Å². The second-order valence-corrected chi connectivity index (χ2v) is 12.4. The maximum Gasteiger partial charge on any atom is 0.255 e. The molecule has 1 amide bonds. The predicted octanol–water partition coefficient (Wildman–Crippen LogP) is 1.08. The van der Waals surface area contributed by atoms with Crippen LogP contribution in [0.4, 0.5) is 0 Å². The minimum atomic E-state index is -2.71. The summed E-state index contributed by atoms with van der Waals surface area (Å²) in [5, 5.41) is 56.7. The van der Waals surface area contributed by atoms with Gasteiger partial charge in [0.15, 0.2) is 11.4 Å². The SMILES string of the molecule is CN(C)[C@@H]1C(=O)C(C(N)=O)=C(O)[C@@]2(O)C(=O)C3=C(O)c4c(c(OCCCO)c5ccc(CN6CCC6)cc5c4O)C[C@H]3C[C@@H]12. The Kier molecular flexibility index (Phi) is 7.44. The molecule has 7 N–H and O–H groups in total. The maximum atomic E-state index is 14.2. The molecule has 0 bridgehead atoms. The highest BCUT2D eigenvalue weighted by Gasteiger charge is 2.64. The summed E-state index contributed by atoms with van der Waals surface area (Å²) < 4.78 is 6.17. The monoisotopic (exact) mass is 607 g/mol. The molecule has 4 aliphatic rings. The fourth-order valence-electron chi connectivity index (χ4n) is 7.42. The number of carbonyl (C=O) groups is 3. The number of phenols is 1. The number of ether oxygens (including phenoxy) is 1. The van der Waals surface area contributed by atoms with E-state index in [1.54, 1.807) is 14.1 Å². The smallest absolute Gasteiger partial charge is 0.255 e. The zero-order valence-electron chi connectivity index (χ0n) is 24.7. The standard InChI is InChI=1S/C32H37N3O9/c1-34(2)24-20-13-16-12-19-22(26(38)21(16)29(40)32(20,43)30(41)23(27(24)39)31(33)42)25(37)18-11-15(14-35-7-3-8-35)5-6-17(18)28(19)44-10-4-9-36/h5-6,11,16,20,24,36-38,41,43H,3-4,7-10,12-14H2,1-2H3,(H2,33,42)/t16-,20-,24-,32-/m0/s1. The van der Waals surface area contributed by atoms with Crippen molar-refractivity contribution in [1.82, 2.24) is 9.80 Å². The molecular weight excluding hydrogens is 570 g/mol. The van der Waals surface area contributed by atoms with Gasteiger partial charge in [0, 0.05) is 47.4 Å². The summed E-state index contributed by atoms with van der Waals surface area (Å²) in [6, 6.07) is 4.47. The molecule has 2 fully saturated rings. The van der Waals surface area contributed by atoms with Gasteiger partial charge in [-0.1, -0.05) is 12.1 Å². The van der Waals surface area contributed by atoms with E-state index in [-0.39, 0.29) is 42.9 Å². The molecule has 2 aromatic carbocycles. The van der Waals surface area contributed by atoms with Crippen LogP contribution >= 0.6 is 0 Å². The summed E-state index contributed by atoms with van der Waals surface area (Å²) in [5.74, 6) is -6.59. The van der Waals surface area contributed by atoms with Gasteiger partial charge in [-0.15, -0.1) is 0 Å². The van der Waals surface area contributed by atoms with E-state index < -0.39 is 58.0 Å². The number of likely N-dealkylation sites (tertiary alicyclic amines) is 1. The highest BCUT2D eigenvalue weighted by Crippen LogP contribution is 2.55. The van der Waals surface area contributed by atoms with Crippen LogP contribution in [0.15, 0.2) is 35.1 Å². The lowest BCUT2D eigenvalue weighted by Crippen LogP contribution is -2.65. The first-order valence-corrected chi connectivity index (χ1v) is 14.8. The summed E-state index contributed by atoms with van der Waals surface area (Å²) >= 11 is 0. The zero-order valence-corrected chi connectivity index (χ0v) is 24.7. The normalized spacial score (nSPS) is 26.9. The van der Waals surface area contributed by atoms with Crippen molar-refractivity contribution in [3.8, 4) is 11.5 Å². The lowest BCUT2D eigenvalue weighted by molar-refractivity contribution is -0.153. The van der Waals surface area contributed by atoms with Crippen molar-refractivity contribution in [3.63, 3.8) is 0 Å². The number of aliphatic hydroxyl groups is 4. The number of hydrogen-bond acceptors (Lipinski definition) is 11. The van der Waals surface area contributed by atoms with E-state index in [0.29, 0.717) is 35.1 Å². The molecule has 1 aliphatic heterocycles. The van der Waals surface area contributed by atoms with Crippen LogP contribution in [0.2, 0.25) is 0 Å². The average molecular weight is 608 g/mol. The first-order chi connectivity index (χ1) is 20.9. The van der Waals surface area contributed by atoms with Crippen LogP contribution in [0.3, 0.4) is 0 Å². The number of fused-ring (bicyclic) bond motifs is 4. The van der Waals surface area contributed by atoms with E-state index in [4.69, 9.17) is 10.5 Å². The van der Waals surface area contributed by atoms with E-state index >= 15 is 0 Å². The van der Waals surface area contributed by atoms with Crippen molar-refractivity contribution in [2.45, 2.75) is 43.9 Å². The van der Waals surface area contributed by atoms with Crippen molar-refractivity contribution < 1.29 is 44.7 Å². The number of nitrogens with two attached hydrogens (primary N) is 1. The fraction of sp³-hybridized carbons (Fsp3) is 0.469. The minimum Gasteiger partial charge on any atom is -0.508 e. The quantitative estimate of drug-likeness (QED) is 0.186. The second-order valence-electron chi connectivity index (χ2n) is 12.4. The Bertz CT molecular complexity index is 1660. The second kappa shape index (κ2) is 10.9. The van der Waals surface area contributed by atoms with Crippen molar-refractivity contribution in [1.29, 1.82) is 0 Å². The third kappa shape index (κ3) is 4.31. The molecule has 0 unspecified atom stereocenters. The molecule has 0 radical (unpaired) electrons. The van der Waals surface area contributed by atoms with E-state index in [2.05, 4.69) is 4.90 Å². The third-order valence-corrected chi connectivity index (χ3v) is 9.61. The molecule has 6 rings (SSSR count). The number of amides is 1. The Morgan fingerprint density at radius 1 is 1.16 bits per heavy atom. The molecule has 12 nitrogen and oxygen atoms in total. The topological polar surface area (TPSA) is 194 Å². The number of benzene rings is 2. The van der Waals surface area contributed by atoms with E-state index in [0.717, 1.165) is 25.1 Å². The van der Waals surface area contributed by atoms with Gasteiger partial charge in [0.2, 0.25) is 5.78 Å². The molecule has 0 spiro atoms. The van der Waals surface area contributed by atoms with E-state index in [1.807, 2.05) is 18.2 Å². The number of likely N-dealkylation sites (N-methyl/N-ethyl adjacent to an activating group) is 1. The molecule has 0 aromatic heterocycles. The van der Waals surface area contributed by atoms with Crippen LogP contribution in [0.25, 0.3) is 16.5 Å². The number of nitrogens with zero attached hydrogens (tertiary/aromatic N) is 2. The Labute approximate surface area is 253 Å². The van der Waals surface area contributed by atoms with Crippen LogP contribution in [0.5, 0.6) is 11.5 Å². The number of carbonyl (C=O) groups excluding carboxylic acids is 3. The molecule has 12 heteroatoms. The molecule has 1 saturated heterocycles. The highest BCUT2D eigenvalue weighted by atomic mass is 16.5. The predicted molar refractivity (Wildman–Crippen MR) is 159 cm³/mol. The highest BCUT2D eigenvalue weighted by molar-refractivity contribution is 6.24. The van der Waals surface area contributed by atoms with E-state index in [9.17, 15) is 39.9 Å². The number of phenolic OH excluding ortho intramolecular Hbond substituents is 1. The van der Waals surface area contributed by atoms with Crippen molar-refractivity contribution in [2.75, 3.05) is 40.4 Å². The molecular formula is C32H37N3O9. The molecule has 4 atom stereocenters. The first-order valence-electron chi connectivity index (χ1n) is 14.8. The lowest BCUT2D eigenvalue weighted by Gasteiger charge is -2.50. The Hall–Kier alpha value is -3.97. The van der Waals surface area contributed by atoms with E-state index in [1.165, 1.54) is 4.90 Å². The Morgan fingerprint density at radius 2 is 1.89 bits per heavy atom. The van der Waals surface area contributed by atoms with Crippen molar-refractivity contribution >= 4 is 34.0 Å². The number of Topliss-reactive ketones (excluding diaryl/α,β-unsaturated/α-hetero) is 2. The van der Waals surface area contributed by atoms with Gasteiger partial charge in [0.25, 0.3) is 5.91 Å². The minimum absolute atomic E-state index is 0.0184. The number of aromatic hydroxyl groups is 1. The Balaban J connectivity index is 1.55. The number of rotatable bonds is 8. The fourth-order valence-corrected chi connectivity index (χ4v) is 7.42. The van der Waals surface area contributed by atoms with Gasteiger partial charge in [0.05, 0.1) is 18.2 Å². The molecule has 234 valence electrons. The van der Waals surface area contributed by atoms with Gasteiger partial charge in [-0.3, -0.25) is 24.2 Å². The molecule has 3 aliphatic carbocycles. The lowest BCUT2D eigenvalue weighted by atomic mass is 9.57. The van der Waals surface area contributed by atoms with Crippen molar-refractivity contribution in [2.24, 2.45) is 17.6 Å². The first kappa shape index (κ1) is 30.1. The van der Waals surface area contributed by atoms with Crippen LogP contribution in [0.1, 0.15) is 36.0 Å². The largest absolute Gasteiger partial charge is 0.508 e. The van der Waals surface area contributed by atoms with Crippen LogP contribution in [0, 0.1) is 11.8 Å². The van der Waals surface area contributed by atoms with Crippen molar-refractivity contribution in [3.05, 3.63) is 51.8 Å². The summed E-state index contributed by atoms with van der Waals surface area (Å²) in [5.41, 5.74) is 3.01. The van der Waals surface area contributed by atoms with Gasteiger partial charge in [-0.05, 0) is 64.0 Å². The Morgan fingerprint density at radius 3 is 2.50 bits per heavy atom. The zero-order chi connectivity index (χ0) is 31.7. The number of primary amides is 1. The molecule has 2 aromatic rings. The molecule has 44 heavy (non-hydrogen) atoms. The summed E-state index contributed by atoms with van der Waals surface area (Å²) in [4.78, 5) is 43.5.